The Balaban J connectivity index is 1.51. The molecule has 0 aliphatic heterocycles. The van der Waals surface area contributed by atoms with Gasteiger partial charge in [0, 0.05) is 6.20 Å². The van der Waals surface area contributed by atoms with E-state index in [0.717, 1.165) is 42.8 Å². The highest BCUT2D eigenvalue weighted by molar-refractivity contribution is 5.72. The average molecular weight is 329 g/mol. The van der Waals surface area contributed by atoms with E-state index in [-0.39, 0.29) is 11.9 Å². The zero-order valence-corrected chi connectivity index (χ0v) is 13.9. The van der Waals surface area contributed by atoms with Gasteiger partial charge in [0.15, 0.2) is 0 Å². The number of nitrogens with zero attached hydrogens (tertiary/aromatic N) is 2. The van der Waals surface area contributed by atoms with Crippen molar-refractivity contribution in [2.75, 3.05) is 13.2 Å². The second-order valence-corrected chi connectivity index (χ2v) is 6.14. The van der Waals surface area contributed by atoms with Gasteiger partial charge in [0.25, 0.3) is 0 Å². The quantitative estimate of drug-likeness (QED) is 0.823. The molecule has 1 aliphatic carbocycles. The highest BCUT2D eigenvalue weighted by Gasteiger charge is 2.28. The largest absolute Gasteiger partial charge is 0.492 e. The molecule has 2 aromatic rings. The predicted octanol–water partition coefficient (Wildman–Crippen LogP) is 3.22. The van der Waals surface area contributed by atoms with Crippen LogP contribution in [0.2, 0.25) is 0 Å². The molecule has 0 radical (unpaired) electrons. The van der Waals surface area contributed by atoms with E-state index in [9.17, 15) is 4.79 Å². The first-order chi connectivity index (χ1) is 11.8. The van der Waals surface area contributed by atoms with Crippen molar-refractivity contribution in [1.82, 2.24) is 15.2 Å². The fraction of sp³-hybridized carbons (Fsp3) is 0.500. The van der Waals surface area contributed by atoms with E-state index in [1.54, 1.807) is 12.4 Å². The Labute approximate surface area is 141 Å². The van der Waals surface area contributed by atoms with Gasteiger partial charge in [0.05, 0.1) is 36.7 Å². The van der Waals surface area contributed by atoms with Gasteiger partial charge < -0.3 is 9.47 Å². The minimum Gasteiger partial charge on any atom is -0.492 e. The lowest BCUT2D eigenvalue weighted by molar-refractivity contribution is -0.149. The first-order valence-electron chi connectivity index (χ1n) is 8.51. The highest BCUT2D eigenvalue weighted by Crippen LogP contribution is 2.30. The summed E-state index contributed by atoms with van der Waals surface area (Å²) in [5.41, 5.74) is 1.71. The fourth-order valence-corrected chi connectivity index (χ4v) is 3.15. The van der Waals surface area contributed by atoms with Gasteiger partial charge in [-0.3, -0.25) is 14.9 Å². The standard InChI is InChI=1S/C18H23N3O3/c1-2-23-18(22)14-5-3-4-13(10-14)12-24-15-6-7-16(19-11-15)17-8-9-20-21-17/h6-9,11,13-14H,2-5,10,12H2,1H3,(H,20,21). The average Bonchev–Trinajstić information content (AvgIpc) is 3.15. The number of ether oxygens (including phenoxy) is 2. The van der Waals surface area contributed by atoms with Crippen LogP contribution in [0.5, 0.6) is 5.75 Å². The van der Waals surface area contributed by atoms with Crippen LogP contribution in [0.15, 0.2) is 30.6 Å². The summed E-state index contributed by atoms with van der Waals surface area (Å²) in [5.74, 6) is 1.10. The summed E-state index contributed by atoms with van der Waals surface area (Å²) in [4.78, 5) is 16.3. The van der Waals surface area contributed by atoms with Crippen molar-refractivity contribution >= 4 is 5.97 Å². The van der Waals surface area contributed by atoms with Crippen LogP contribution in [0.3, 0.4) is 0 Å². The monoisotopic (exact) mass is 329 g/mol. The Morgan fingerprint density at radius 2 is 2.25 bits per heavy atom. The maximum atomic E-state index is 11.9. The number of hydrogen-bond acceptors (Lipinski definition) is 5. The van der Waals surface area contributed by atoms with Gasteiger partial charge in [-0.2, -0.15) is 5.10 Å². The number of H-pyrrole nitrogens is 1. The van der Waals surface area contributed by atoms with Gasteiger partial charge in [-0.25, -0.2) is 0 Å². The van der Waals surface area contributed by atoms with Crippen molar-refractivity contribution in [3.8, 4) is 17.1 Å². The SMILES string of the molecule is CCOC(=O)C1CCCC(COc2ccc(-c3ccn[nH]3)nc2)C1. The van der Waals surface area contributed by atoms with Crippen LogP contribution in [0.25, 0.3) is 11.4 Å². The number of hydrogen-bond donors (Lipinski definition) is 1. The van der Waals surface area contributed by atoms with Gasteiger partial charge in [-0.05, 0) is 50.3 Å². The molecule has 2 unspecified atom stereocenters. The number of esters is 1. The molecule has 3 rings (SSSR count). The van der Waals surface area contributed by atoms with Gasteiger partial charge in [0.2, 0.25) is 0 Å². The number of rotatable bonds is 6. The zero-order chi connectivity index (χ0) is 16.8. The van der Waals surface area contributed by atoms with E-state index < -0.39 is 0 Å². The Hall–Kier alpha value is -2.37. The maximum Gasteiger partial charge on any atom is 0.308 e. The summed E-state index contributed by atoms with van der Waals surface area (Å²) in [6.45, 7) is 2.91. The smallest absolute Gasteiger partial charge is 0.308 e. The minimum absolute atomic E-state index is 0.0215. The van der Waals surface area contributed by atoms with E-state index in [4.69, 9.17) is 9.47 Å². The Kier molecular flexibility index (Phi) is 5.46. The number of nitrogens with one attached hydrogen (secondary N) is 1. The Bertz CT molecular complexity index is 640. The van der Waals surface area contributed by atoms with Crippen LogP contribution in [0.4, 0.5) is 0 Å². The number of carbonyl (C=O) groups excluding carboxylic acids is 1. The lowest BCUT2D eigenvalue weighted by Crippen LogP contribution is -2.27. The fourth-order valence-electron chi connectivity index (χ4n) is 3.15. The molecule has 0 spiro atoms. The number of carbonyl (C=O) groups is 1. The second-order valence-electron chi connectivity index (χ2n) is 6.14. The third-order valence-electron chi connectivity index (χ3n) is 4.40. The predicted molar refractivity (Wildman–Crippen MR) is 89.4 cm³/mol. The summed E-state index contributed by atoms with van der Waals surface area (Å²) in [5, 5.41) is 6.80. The first-order valence-corrected chi connectivity index (χ1v) is 8.51. The van der Waals surface area contributed by atoms with Crippen molar-refractivity contribution in [2.24, 2.45) is 11.8 Å². The van der Waals surface area contributed by atoms with Crippen LogP contribution >= 0.6 is 0 Å². The molecule has 1 N–H and O–H groups in total. The summed E-state index contributed by atoms with van der Waals surface area (Å²) < 4.78 is 11.0. The van der Waals surface area contributed by atoms with Crippen LogP contribution in [-0.2, 0) is 9.53 Å². The van der Waals surface area contributed by atoms with Gasteiger partial charge in [-0.1, -0.05) is 6.42 Å². The Morgan fingerprint density at radius 3 is 2.96 bits per heavy atom. The molecule has 0 aromatic carbocycles. The molecule has 1 saturated carbocycles. The molecule has 128 valence electrons. The third-order valence-corrected chi connectivity index (χ3v) is 4.40. The van der Waals surface area contributed by atoms with Gasteiger partial charge in [0.1, 0.15) is 5.75 Å². The Morgan fingerprint density at radius 1 is 1.33 bits per heavy atom. The number of pyridine rings is 1. The van der Waals surface area contributed by atoms with Crippen molar-refractivity contribution in [1.29, 1.82) is 0 Å². The number of aromatic nitrogens is 3. The molecule has 0 saturated heterocycles. The second kappa shape index (κ2) is 7.95. The molecule has 2 heterocycles. The van der Waals surface area contributed by atoms with Crippen molar-refractivity contribution < 1.29 is 14.3 Å². The maximum absolute atomic E-state index is 11.9. The molecule has 6 nitrogen and oxygen atoms in total. The van der Waals surface area contributed by atoms with E-state index in [1.807, 2.05) is 25.1 Å². The molecule has 1 fully saturated rings. The highest BCUT2D eigenvalue weighted by atomic mass is 16.5. The molecular weight excluding hydrogens is 306 g/mol. The van der Waals surface area contributed by atoms with Crippen molar-refractivity contribution in [3.63, 3.8) is 0 Å². The topological polar surface area (TPSA) is 77.1 Å². The van der Waals surface area contributed by atoms with Crippen LogP contribution < -0.4 is 4.74 Å². The van der Waals surface area contributed by atoms with Crippen molar-refractivity contribution in [3.05, 3.63) is 30.6 Å². The van der Waals surface area contributed by atoms with Crippen LogP contribution in [-0.4, -0.2) is 34.4 Å². The van der Waals surface area contributed by atoms with E-state index in [0.29, 0.717) is 19.1 Å². The zero-order valence-electron chi connectivity index (χ0n) is 13.9. The molecule has 0 amide bonds. The van der Waals surface area contributed by atoms with Crippen LogP contribution in [0.1, 0.15) is 32.6 Å². The van der Waals surface area contributed by atoms with Gasteiger partial charge in [-0.15, -0.1) is 0 Å². The summed E-state index contributed by atoms with van der Waals surface area (Å²) in [6.07, 6.45) is 7.34. The van der Waals surface area contributed by atoms with E-state index in [2.05, 4.69) is 15.2 Å². The first kappa shape index (κ1) is 16.5. The lowest BCUT2D eigenvalue weighted by Gasteiger charge is -2.27. The van der Waals surface area contributed by atoms with Crippen LogP contribution in [0, 0.1) is 11.8 Å². The van der Waals surface area contributed by atoms with E-state index in [1.165, 1.54) is 0 Å². The van der Waals surface area contributed by atoms with E-state index >= 15 is 0 Å². The molecule has 24 heavy (non-hydrogen) atoms. The molecular formula is C18H23N3O3. The third kappa shape index (κ3) is 4.13. The molecule has 2 atom stereocenters. The normalized spacial score (nSPS) is 20.5. The summed E-state index contributed by atoms with van der Waals surface area (Å²) >= 11 is 0. The molecule has 1 aliphatic rings. The molecule has 2 aromatic heterocycles. The minimum atomic E-state index is -0.0622. The molecule has 0 bridgehead atoms. The van der Waals surface area contributed by atoms with Gasteiger partial charge >= 0.3 is 5.97 Å². The lowest BCUT2D eigenvalue weighted by atomic mass is 9.82. The summed E-state index contributed by atoms with van der Waals surface area (Å²) in [6, 6.07) is 5.69. The molecule has 6 heteroatoms. The summed E-state index contributed by atoms with van der Waals surface area (Å²) in [7, 11) is 0. The van der Waals surface area contributed by atoms with Crippen molar-refractivity contribution in [2.45, 2.75) is 32.6 Å². The number of aromatic amines is 1.